The van der Waals surface area contributed by atoms with Crippen molar-refractivity contribution < 1.29 is 9.59 Å². The Morgan fingerprint density at radius 1 is 1.16 bits per heavy atom. The molecule has 1 aliphatic carbocycles. The average Bonchev–Trinajstić information content (AvgIpc) is 3.25. The topological polar surface area (TPSA) is 133 Å². The predicted molar refractivity (Wildman–Crippen MR) is 138 cm³/mol. The monoisotopic (exact) mass is 499 g/mol. The first-order valence-electron chi connectivity index (χ1n) is 12.7. The van der Waals surface area contributed by atoms with Gasteiger partial charge in [0.05, 0.1) is 47.2 Å². The molecule has 0 radical (unpaired) electrons. The summed E-state index contributed by atoms with van der Waals surface area (Å²) in [7, 11) is 0. The molecule has 1 aliphatic heterocycles. The molecular formula is C26H29N9O2. The summed E-state index contributed by atoms with van der Waals surface area (Å²) in [5.74, 6) is 0.0591. The first-order valence-corrected chi connectivity index (χ1v) is 12.7. The lowest BCUT2D eigenvalue weighted by Crippen LogP contribution is -2.35. The number of rotatable bonds is 7. The lowest BCUT2D eigenvalue weighted by molar-refractivity contribution is -0.117. The van der Waals surface area contributed by atoms with Crippen LogP contribution in [0.25, 0.3) is 16.8 Å². The number of nitrogens with one attached hydrogen (secondary N) is 3. The molecule has 5 heterocycles. The van der Waals surface area contributed by atoms with Crippen molar-refractivity contribution in [3.05, 3.63) is 53.7 Å². The molecule has 1 atom stereocenters. The fourth-order valence-electron chi connectivity index (χ4n) is 4.96. The summed E-state index contributed by atoms with van der Waals surface area (Å²) in [6.07, 6.45) is 9.91. The van der Waals surface area contributed by atoms with Gasteiger partial charge >= 0.3 is 0 Å². The van der Waals surface area contributed by atoms with Gasteiger partial charge in [0, 0.05) is 23.4 Å². The van der Waals surface area contributed by atoms with Crippen molar-refractivity contribution in [3.63, 3.8) is 0 Å². The third kappa shape index (κ3) is 4.69. The van der Waals surface area contributed by atoms with Crippen LogP contribution in [0.1, 0.15) is 60.3 Å². The van der Waals surface area contributed by atoms with Crippen molar-refractivity contribution in [2.75, 3.05) is 23.7 Å². The van der Waals surface area contributed by atoms with Gasteiger partial charge in [0.1, 0.15) is 0 Å². The van der Waals surface area contributed by atoms with Gasteiger partial charge in [-0.2, -0.15) is 5.10 Å². The molecule has 2 aliphatic rings. The maximum Gasteiger partial charge on any atom is 0.278 e. The molecule has 1 saturated heterocycles. The zero-order chi connectivity index (χ0) is 25.5. The summed E-state index contributed by atoms with van der Waals surface area (Å²) >= 11 is 0. The molecule has 3 N–H and O–H groups in total. The van der Waals surface area contributed by atoms with Gasteiger partial charge in [-0.05, 0) is 70.2 Å². The van der Waals surface area contributed by atoms with Crippen LogP contribution < -0.4 is 10.6 Å². The molecule has 0 bridgehead atoms. The smallest absolute Gasteiger partial charge is 0.278 e. The molecule has 11 nitrogen and oxygen atoms in total. The average molecular weight is 500 g/mol. The van der Waals surface area contributed by atoms with Gasteiger partial charge in [0.25, 0.3) is 5.91 Å². The zero-order valence-electron chi connectivity index (χ0n) is 20.9. The third-order valence-corrected chi connectivity index (χ3v) is 7.26. The number of aromatic nitrogens is 6. The van der Waals surface area contributed by atoms with Crippen LogP contribution in [-0.4, -0.2) is 65.9 Å². The molecule has 2 fully saturated rings. The van der Waals surface area contributed by atoms with Crippen LogP contribution in [0.2, 0.25) is 0 Å². The first kappa shape index (κ1) is 23.3. The van der Waals surface area contributed by atoms with Crippen LogP contribution in [0, 0.1) is 6.92 Å². The number of carbonyl (C=O) groups excluding carboxylic acids is 2. The van der Waals surface area contributed by atoms with E-state index in [-0.39, 0.29) is 11.6 Å². The highest BCUT2D eigenvalue weighted by atomic mass is 16.2. The molecule has 0 spiro atoms. The van der Waals surface area contributed by atoms with Crippen molar-refractivity contribution >= 4 is 28.7 Å². The Morgan fingerprint density at radius 3 is 2.81 bits per heavy atom. The van der Waals surface area contributed by atoms with Crippen LogP contribution in [0.4, 0.5) is 11.4 Å². The van der Waals surface area contributed by atoms with E-state index in [4.69, 9.17) is 0 Å². The molecule has 4 aromatic rings. The Balaban J connectivity index is 1.17. The molecule has 11 heteroatoms. The summed E-state index contributed by atoms with van der Waals surface area (Å²) in [5, 5.41) is 21.4. The van der Waals surface area contributed by atoms with Crippen molar-refractivity contribution in [2.45, 2.75) is 51.5 Å². The quantitative estimate of drug-likeness (QED) is 0.355. The van der Waals surface area contributed by atoms with Gasteiger partial charge in [-0.15, -0.1) is 5.10 Å². The van der Waals surface area contributed by atoms with Crippen LogP contribution in [0.15, 0.2) is 36.8 Å². The van der Waals surface area contributed by atoms with Gasteiger partial charge in [-0.25, -0.2) is 4.52 Å². The van der Waals surface area contributed by atoms with Crippen LogP contribution in [0.5, 0.6) is 0 Å². The Morgan fingerprint density at radius 2 is 2.03 bits per heavy atom. The van der Waals surface area contributed by atoms with Crippen molar-refractivity contribution in [1.82, 2.24) is 34.9 Å². The summed E-state index contributed by atoms with van der Waals surface area (Å²) in [4.78, 5) is 32.2. The molecule has 4 aromatic heterocycles. The van der Waals surface area contributed by atoms with Gasteiger partial charge in [-0.3, -0.25) is 24.6 Å². The Bertz CT molecular complexity index is 1490. The van der Waals surface area contributed by atoms with Gasteiger partial charge < -0.3 is 10.6 Å². The minimum absolute atomic E-state index is 0.0983. The molecule has 0 aromatic carbocycles. The number of hydrogen-bond donors (Lipinski definition) is 3. The number of pyridine rings is 2. The number of nitrogens with zero attached hydrogens (tertiary/aromatic N) is 6. The number of likely N-dealkylation sites (tertiary alicyclic amines) is 1. The first-order chi connectivity index (χ1) is 18.0. The summed E-state index contributed by atoms with van der Waals surface area (Å²) in [6.45, 7) is 5.20. The van der Waals surface area contributed by atoms with E-state index in [1.807, 2.05) is 24.5 Å². The SMILES string of the molecule is Cc1ncc(NC(=O)CN2CCC[C@@H]2C)cc1NC(=O)c1nnn2cc(-c3[nH]ncc3C3CC3)ccc12. The second-order valence-corrected chi connectivity index (χ2v) is 9.98. The highest BCUT2D eigenvalue weighted by Crippen LogP contribution is 2.43. The van der Waals surface area contributed by atoms with Crippen molar-refractivity contribution in [3.8, 4) is 11.3 Å². The zero-order valence-corrected chi connectivity index (χ0v) is 20.9. The van der Waals surface area contributed by atoms with E-state index in [0.717, 1.165) is 30.6 Å². The molecule has 37 heavy (non-hydrogen) atoms. The number of hydrogen-bond acceptors (Lipinski definition) is 7. The normalized spacial score (nSPS) is 17.8. The minimum Gasteiger partial charge on any atom is -0.324 e. The van der Waals surface area contributed by atoms with E-state index in [9.17, 15) is 9.59 Å². The number of aryl methyl sites for hydroxylation is 1. The summed E-state index contributed by atoms with van der Waals surface area (Å²) in [5.41, 5.74) is 5.58. The number of anilines is 2. The second-order valence-electron chi connectivity index (χ2n) is 9.98. The standard InChI is InChI=1S/C26H29N9O2/c1-15-4-3-9-34(15)14-23(36)29-19-10-21(16(2)27-11-19)30-26(37)25-22-8-7-18(13-35(22)33-32-25)24-20(12-28-31-24)17-5-6-17/h7-8,10-13,15,17H,3-6,9,14H2,1-2H3,(H,28,31)(H,29,36)(H,30,37)/t15-/m0/s1. The van der Waals surface area contributed by atoms with Crippen molar-refractivity contribution in [1.29, 1.82) is 0 Å². The van der Waals surface area contributed by atoms with E-state index >= 15 is 0 Å². The maximum atomic E-state index is 13.1. The Kier molecular flexibility index (Phi) is 5.91. The Labute approximate surface area is 213 Å². The lowest BCUT2D eigenvalue weighted by atomic mass is 10.1. The van der Waals surface area contributed by atoms with Crippen LogP contribution >= 0.6 is 0 Å². The van der Waals surface area contributed by atoms with Crippen LogP contribution in [-0.2, 0) is 4.79 Å². The van der Waals surface area contributed by atoms with E-state index in [1.165, 1.54) is 18.4 Å². The van der Waals surface area contributed by atoms with Crippen LogP contribution in [0.3, 0.4) is 0 Å². The number of fused-ring (bicyclic) bond motifs is 1. The molecule has 6 rings (SSSR count). The fraction of sp³-hybridized carbons (Fsp3) is 0.385. The number of H-pyrrole nitrogens is 1. The van der Waals surface area contributed by atoms with Gasteiger partial charge in [0.15, 0.2) is 5.69 Å². The molecule has 190 valence electrons. The highest BCUT2D eigenvalue weighted by molar-refractivity contribution is 6.08. The van der Waals surface area contributed by atoms with Gasteiger partial charge in [0.2, 0.25) is 5.91 Å². The van der Waals surface area contributed by atoms with Gasteiger partial charge in [-0.1, -0.05) is 5.21 Å². The maximum absolute atomic E-state index is 13.1. The molecule has 1 saturated carbocycles. The third-order valence-electron chi connectivity index (χ3n) is 7.26. The summed E-state index contributed by atoms with van der Waals surface area (Å²) < 4.78 is 1.60. The molecule has 2 amide bonds. The predicted octanol–water partition coefficient (Wildman–Crippen LogP) is 3.38. The second kappa shape index (κ2) is 9.40. The lowest BCUT2D eigenvalue weighted by Gasteiger charge is -2.20. The Hall–Kier alpha value is -4.12. The molecular weight excluding hydrogens is 470 g/mol. The van der Waals surface area contributed by atoms with E-state index in [2.05, 4.69) is 48.0 Å². The van der Waals surface area contributed by atoms with E-state index in [0.29, 0.717) is 41.1 Å². The number of amides is 2. The molecule has 0 unspecified atom stereocenters. The minimum atomic E-state index is -0.401. The van der Waals surface area contributed by atoms with E-state index < -0.39 is 5.91 Å². The fourth-order valence-corrected chi connectivity index (χ4v) is 4.96. The largest absolute Gasteiger partial charge is 0.324 e. The van der Waals surface area contributed by atoms with Crippen molar-refractivity contribution in [2.24, 2.45) is 0 Å². The number of aromatic amines is 1. The number of carbonyl (C=O) groups is 2. The summed E-state index contributed by atoms with van der Waals surface area (Å²) in [6, 6.07) is 5.90. The highest BCUT2D eigenvalue weighted by Gasteiger charge is 2.28. The van der Waals surface area contributed by atoms with E-state index in [1.54, 1.807) is 23.7 Å².